The summed E-state index contributed by atoms with van der Waals surface area (Å²) in [7, 11) is 10.1. The summed E-state index contributed by atoms with van der Waals surface area (Å²) < 4.78 is 6.01. The Morgan fingerprint density at radius 2 is 1.69 bits per heavy atom. The van der Waals surface area contributed by atoms with Crippen molar-refractivity contribution in [2.75, 3.05) is 28.2 Å². The molecule has 0 bridgehead atoms. The Labute approximate surface area is 88.0 Å². The van der Waals surface area contributed by atoms with Gasteiger partial charge in [0.1, 0.15) is 0 Å². The molecule has 0 N–H and O–H groups in total. The molecule has 0 saturated carbocycles. The zero-order chi connectivity index (χ0) is 9.84. The molecule has 0 aliphatic rings. The van der Waals surface area contributed by atoms with E-state index < -0.39 is 0 Å². The van der Waals surface area contributed by atoms with E-state index >= 15 is 0 Å². The largest absolute Gasteiger partial charge is 0.287 e. The van der Waals surface area contributed by atoms with Gasteiger partial charge in [-0.2, -0.15) is 0 Å². The van der Waals surface area contributed by atoms with Gasteiger partial charge in [0.15, 0.2) is 0 Å². The minimum Gasteiger partial charge on any atom is -0.287 e. The summed E-state index contributed by atoms with van der Waals surface area (Å²) in [6.45, 7) is 0. The highest BCUT2D eigenvalue weighted by Crippen LogP contribution is 2.21. The molecule has 0 radical (unpaired) electrons. The van der Waals surface area contributed by atoms with E-state index in [-0.39, 0.29) is 0 Å². The fourth-order valence-corrected chi connectivity index (χ4v) is 4.55. The van der Waals surface area contributed by atoms with Gasteiger partial charge in [-0.1, -0.05) is 0 Å². The lowest BCUT2D eigenvalue weighted by molar-refractivity contribution is 0.695. The second-order valence-corrected chi connectivity index (χ2v) is 7.73. The van der Waals surface area contributed by atoms with E-state index in [0.717, 1.165) is 17.5 Å². The molecule has 2 unspecified atom stereocenters. The summed E-state index contributed by atoms with van der Waals surface area (Å²) in [5, 5.41) is 3.69. The van der Waals surface area contributed by atoms with Gasteiger partial charge < -0.3 is 0 Å². The number of hydrogen-bond donors (Lipinski definition) is 0. The van der Waals surface area contributed by atoms with Crippen LogP contribution in [0.3, 0.4) is 0 Å². The van der Waals surface area contributed by atoms with Crippen LogP contribution in [-0.4, -0.2) is 37.5 Å². The molecule has 2 atom stereocenters. The van der Waals surface area contributed by atoms with Crippen molar-refractivity contribution >= 4 is 38.7 Å². The van der Waals surface area contributed by atoms with Crippen LogP contribution in [0.4, 0.5) is 0 Å². The van der Waals surface area contributed by atoms with E-state index in [2.05, 4.69) is 49.0 Å². The normalized spacial score (nSPS) is 13.4. The standard InChI is InChI=1S/C8H16N2P2S/c1-9(2)11-7-5-6-13-8(7)12-10(3)4/h5-6,11-12H,1-4H3. The Morgan fingerprint density at radius 3 is 2.23 bits per heavy atom. The third-order valence-corrected chi connectivity index (χ3v) is 5.15. The molecule has 1 rings (SSSR count). The van der Waals surface area contributed by atoms with Gasteiger partial charge in [-0.15, -0.1) is 11.3 Å². The highest BCUT2D eigenvalue weighted by atomic mass is 32.1. The molecule has 1 heterocycles. The molecule has 0 aliphatic carbocycles. The minimum atomic E-state index is 0.808. The second kappa shape index (κ2) is 5.38. The van der Waals surface area contributed by atoms with Gasteiger partial charge in [-0.25, -0.2) is 0 Å². The first-order valence-corrected chi connectivity index (χ1v) is 6.82. The highest BCUT2D eigenvalue weighted by molar-refractivity contribution is 7.59. The molecule has 2 nitrogen and oxygen atoms in total. The van der Waals surface area contributed by atoms with Crippen LogP contribution in [0.5, 0.6) is 0 Å². The van der Waals surface area contributed by atoms with Gasteiger partial charge >= 0.3 is 0 Å². The first-order chi connectivity index (χ1) is 6.09. The van der Waals surface area contributed by atoms with Gasteiger partial charge in [-0.3, -0.25) is 9.34 Å². The Balaban J connectivity index is 2.65. The first-order valence-electron chi connectivity index (χ1n) is 4.05. The second-order valence-electron chi connectivity index (χ2n) is 3.18. The summed E-state index contributed by atoms with van der Waals surface area (Å²) in [5.74, 6) is 0. The van der Waals surface area contributed by atoms with Crippen molar-refractivity contribution < 1.29 is 0 Å². The van der Waals surface area contributed by atoms with Crippen molar-refractivity contribution in [2.45, 2.75) is 0 Å². The molecule has 1 aromatic rings. The predicted molar refractivity (Wildman–Crippen MR) is 67.6 cm³/mol. The van der Waals surface area contributed by atoms with Crippen LogP contribution < -0.4 is 9.92 Å². The van der Waals surface area contributed by atoms with E-state index in [9.17, 15) is 0 Å². The highest BCUT2D eigenvalue weighted by Gasteiger charge is 2.05. The van der Waals surface area contributed by atoms with Crippen molar-refractivity contribution in [3.63, 3.8) is 0 Å². The van der Waals surface area contributed by atoms with Crippen LogP contribution in [-0.2, 0) is 0 Å². The molecule has 0 amide bonds. The average Bonchev–Trinajstić information content (AvgIpc) is 2.34. The Kier molecular flexibility index (Phi) is 4.78. The van der Waals surface area contributed by atoms with Gasteiger partial charge in [0.2, 0.25) is 0 Å². The van der Waals surface area contributed by atoms with E-state index in [1.54, 1.807) is 0 Å². The van der Waals surface area contributed by atoms with Crippen molar-refractivity contribution in [2.24, 2.45) is 0 Å². The van der Waals surface area contributed by atoms with Gasteiger partial charge in [0, 0.05) is 9.92 Å². The van der Waals surface area contributed by atoms with E-state index in [0.29, 0.717) is 0 Å². The molecule has 0 fully saturated rings. The number of rotatable bonds is 4. The summed E-state index contributed by atoms with van der Waals surface area (Å²) in [6, 6.07) is 2.24. The third-order valence-electron chi connectivity index (χ3n) is 1.33. The van der Waals surface area contributed by atoms with Crippen molar-refractivity contribution in [3.05, 3.63) is 11.4 Å². The maximum atomic E-state index is 2.25. The smallest absolute Gasteiger partial charge is 0.0484 e. The molecule has 13 heavy (non-hydrogen) atoms. The first kappa shape index (κ1) is 11.6. The van der Waals surface area contributed by atoms with Crippen molar-refractivity contribution in [1.29, 1.82) is 0 Å². The lowest BCUT2D eigenvalue weighted by Crippen LogP contribution is -2.17. The molecular weight excluding hydrogens is 218 g/mol. The molecule has 5 heteroatoms. The minimum absolute atomic E-state index is 0.808. The van der Waals surface area contributed by atoms with Gasteiger partial charge in [0.05, 0.1) is 0 Å². The summed E-state index contributed by atoms with van der Waals surface area (Å²) in [6.07, 6.45) is 0. The van der Waals surface area contributed by atoms with Crippen LogP contribution >= 0.6 is 28.8 Å². The van der Waals surface area contributed by atoms with Crippen molar-refractivity contribution in [1.82, 2.24) is 9.34 Å². The fourth-order valence-electron chi connectivity index (χ4n) is 0.928. The Hall–Kier alpha value is 0.480. The summed E-state index contributed by atoms with van der Waals surface area (Å²) >= 11 is 1.87. The van der Waals surface area contributed by atoms with Crippen LogP contribution in [0.15, 0.2) is 11.4 Å². The van der Waals surface area contributed by atoms with Gasteiger partial charge in [0.25, 0.3) is 0 Å². The lowest BCUT2D eigenvalue weighted by atomic mass is 10.7. The Morgan fingerprint density at radius 1 is 1.08 bits per heavy atom. The van der Waals surface area contributed by atoms with E-state index in [4.69, 9.17) is 0 Å². The van der Waals surface area contributed by atoms with Gasteiger partial charge in [-0.05, 0) is 57.1 Å². The lowest BCUT2D eigenvalue weighted by Gasteiger charge is -2.12. The van der Waals surface area contributed by atoms with E-state index in [1.807, 2.05) is 11.3 Å². The molecule has 0 saturated heterocycles. The zero-order valence-electron chi connectivity index (χ0n) is 8.46. The van der Waals surface area contributed by atoms with Crippen LogP contribution in [0.1, 0.15) is 0 Å². The summed E-state index contributed by atoms with van der Waals surface area (Å²) in [5.41, 5.74) is 0. The average molecular weight is 234 g/mol. The Bertz CT molecular complexity index is 236. The van der Waals surface area contributed by atoms with Crippen LogP contribution in [0.2, 0.25) is 0 Å². The summed E-state index contributed by atoms with van der Waals surface area (Å²) in [4.78, 5) is 0. The molecule has 74 valence electrons. The van der Waals surface area contributed by atoms with Crippen LogP contribution in [0, 0.1) is 0 Å². The molecule has 0 spiro atoms. The molecule has 0 aromatic carbocycles. The predicted octanol–water partition coefficient (Wildman–Crippen LogP) is 1.31. The van der Waals surface area contributed by atoms with E-state index in [1.165, 1.54) is 9.92 Å². The van der Waals surface area contributed by atoms with Crippen LogP contribution in [0.25, 0.3) is 0 Å². The fraction of sp³-hybridized carbons (Fsp3) is 0.500. The van der Waals surface area contributed by atoms with Crippen molar-refractivity contribution in [3.8, 4) is 0 Å². The molecule has 1 aromatic heterocycles. The number of thiophene rings is 1. The SMILES string of the molecule is CN(C)Pc1ccsc1PN(C)C. The maximum absolute atomic E-state index is 2.25. The third kappa shape index (κ3) is 4.01. The monoisotopic (exact) mass is 234 g/mol. The number of nitrogens with zero attached hydrogens (tertiary/aromatic N) is 2. The number of hydrogen-bond acceptors (Lipinski definition) is 3. The quantitative estimate of drug-likeness (QED) is 0.725. The molecule has 0 aliphatic heterocycles. The molecular formula is C8H16N2P2S. The maximum Gasteiger partial charge on any atom is 0.0484 e. The topological polar surface area (TPSA) is 6.48 Å². The zero-order valence-corrected chi connectivity index (χ0v) is 11.3.